The van der Waals surface area contributed by atoms with Crippen molar-refractivity contribution in [1.29, 1.82) is 0 Å². The van der Waals surface area contributed by atoms with E-state index in [-0.39, 0.29) is 0 Å². The molecule has 134 valence electrons. The average Bonchev–Trinajstić information content (AvgIpc) is 2.96. The summed E-state index contributed by atoms with van der Waals surface area (Å²) in [4.78, 5) is 11.9. The van der Waals surface area contributed by atoms with Crippen molar-refractivity contribution in [2.75, 3.05) is 5.32 Å². The van der Waals surface area contributed by atoms with Gasteiger partial charge in [0.2, 0.25) is 11.7 Å². The number of nitrogens with zero attached hydrogens (tertiary/aromatic N) is 2. The Kier molecular flexibility index (Phi) is 4.49. The van der Waals surface area contributed by atoms with Crippen LogP contribution in [0.1, 0.15) is 24.6 Å². The molecule has 0 unspecified atom stereocenters. The number of fused-ring (bicyclic) bond motifs is 1. The SMILES string of the molecule is C[C@H]1CCc2nn(CC(=O)Nc3c(F)c(F)c(F)c(F)c3F)cc2C1. The Bertz CT molecular complexity index is 820. The number of hydrogen-bond acceptors (Lipinski definition) is 2. The summed E-state index contributed by atoms with van der Waals surface area (Å²) in [6.45, 7) is 1.69. The fraction of sp³-hybridized carbons (Fsp3) is 0.375. The number of anilines is 1. The monoisotopic (exact) mass is 359 g/mol. The second-order valence-corrected chi connectivity index (χ2v) is 6.14. The Labute approximate surface area is 139 Å². The molecule has 25 heavy (non-hydrogen) atoms. The van der Waals surface area contributed by atoms with Crippen LogP contribution < -0.4 is 5.32 Å². The minimum absolute atomic E-state index is 0.402. The normalized spacial score (nSPS) is 16.6. The summed E-state index contributed by atoms with van der Waals surface area (Å²) in [5.74, 6) is -11.1. The highest BCUT2D eigenvalue weighted by molar-refractivity contribution is 5.90. The molecule has 0 spiro atoms. The first-order valence-electron chi connectivity index (χ1n) is 7.64. The lowest BCUT2D eigenvalue weighted by Crippen LogP contribution is -2.22. The molecule has 1 aliphatic carbocycles. The van der Waals surface area contributed by atoms with Crippen molar-refractivity contribution in [1.82, 2.24) is 9.78 Å². The molecule has 2 aromatic rings. The first-order chi connectivity index (χ1) is 11.8. The van der Waals surface area contributed by atoms with Crippen LogP contribution in [0.2, 0.25) is 0 Å². The summed E-state index contributed by atoms with van der Waals surface area (Å²) in [5.41, 5.74) is 0.469. The van der Waals surface area contributed by atoms with Crippen molar-refractivity contribution in [3.63, 3.8) is 0 Å². The number of rotatable bonds is 3. The Morgan fingerprint density at radius 1 is 1.16 bits per heavy atom. The van der Waals surface area contributed by atoms with Crippen LogP contribution in [0.4, 0.5) is 27.6 Å². The summed E-state index contributed by atoms with van der Waals surface area (Å²) >= 11 is 0. The fourth-order valence-electron chi connectivity index (χ4n) is 2.87. The molecule has 1 atom stereocenters. The van der Waals surface area contributed by atoms with Crippen molar-refractivity contribution in [2.24, 2.45) is 5.92 Å². The summed E-state index contributed by atoms with van der Waals surface area (Å²) in [5, 5.41) is 5.95. The van der Waals surface area contributed by atoms with Gasteiger partial charge < -0.3 is 5.32 Å². The average molecular weight is 359 g/mol. The summed E-state index contributed by atoms with van der Waals surface area (Å²) in [7, 11) is 0. The molecular weight excluding hydrogens is 345 g/mol. The Morgan fingerprint density at radius 3 is 2.40 bits per heavy atom. The van der Waals surface area contributed by atoms with E-state index in [9.17, 15) is 26.7 Å². The van der Waals surface area contributed by atoms with E-state index < -0.39 is 47.2 Å². The van der Waals surface area contributed by atoms with Gasteiger partial charge in [0.15, 0.2) is 23.3 Å². The number of benzene rings is 1. The van der Waals surface area contributed by atoms with E-state index in [0.29, 0.717) is 5.92 Å². The highest BCUT2D eigenvalue weighted by atomic mass is 19.2. The van der Waals surface area contributed by atoms with Gasteiger partial charge in [-0.05, 0) is 30.7 Å². The van der Waals surface area contributed by atoms with Crippen molar-refractivity contribution >= 4 is 11.6 Å². The van der Waals surface area contributed by atoms with Crippen molar-refractivity contribution in [3.8, 4) is 0 Å². The molecule has 0 saturated carbocycles. The predicted molar refractivity (Wildman–Crippen MR) is 78.3 cm³/mol. The third-order valence-electron chi connectivity index (χ3n) is 4.15. The van der Waals surface area contributed by atoms with E-state index in [2.05, 4.69) is 12.0 Å². The fourth-order valence-corrected chi connectivity index (χ4v) is 2.87. The van der Waals surface area contributed by atoms with Crippen LogP contribution in [-0.4, -0.2) is 15.7 Å². The zero-order valence-electron chi connectivity index (χ0n) is 13.2. The standard InChI is InChI=1S/C16H14F5N3O/c1-7-2-3-9-8(4-7)5-24(23-9)6-10(25)22-16-14(20)12(18)11(17)13(19)15(16)21/h5,7H,2-4,6H2,1H3,(H,22,25)/t7-/m0/s1. The molecular formula is C16H14F5N3O. The largest absolute Gasteiger partial charge is 0.319 e. The minimum Gasteiger partial charge on any atom is -0.319 e. The van der Waals surface area contributed by atoms with Crippen LogP contribution in [0.3, 0.4) is 0 Å². The number of carbonyl (C=O) groups excluding carboxylic acids is 1. The van der Waals surface area contributed by atoms with E-state index in [1.165, 1.54) is 4.68 Å². The molecule has 0 bridgehead atoms. The number of aryl methyl sites for hydroxylation is 1. The Hall–Kier alpha value is -2.45. The van der Waals surface area contributed by atoms with Gasteiger partial charge in [-0.3, -0.25) is 9.48 Å². The van der Waals surface area contributed by atoms with Crippen molar-refractivity contribution in [2.45, 2.75) is 32.7 Å². The summed E-state index contributed by atoms with van der Waals surface area (Å²) in [6, 6.07) is 0. The molecule has 1 aromatic heterocycles. The molecule has 0 aliphatic heterocycles. The van der Waals surface area contributed by atoms with Gasteiger partial charge >= 0.3 is 0 Å². The third kappa shape index (κ3) is 3.22. The first kappa shape index (κ1) is 17.4. The molecule has 1 N–H and O–H groups in total. The zero-order chi connectivity index (χ0) is 18.3. The molecule has 4 nitrogen and oxygen atoms in total. The number of hydrogen-bond donors (Lipinski definition) is 1. The van der Waals surface area contributed by atoms with Gasteiger partial charge in [-0.25, -0.2) is 22.0 Å². The van der Waals surface area contributed by atoms with Gasteiger partial charge in [0.05, 0.1) is 5.69 Å². The number of aromatic nitrogens is 2. The van der Waals surface area contributed by atoms with E-state index in [1.54, 1.807) is 11.5 Å². The minimum atomic E-state index is -2.28. The van der Waals surface area contributed by atoms with Gasteiger partial charge in [-0.2, -0.15) is 5.10 Å². The van der Waals surface area contributed by atoms with E-state index in [4.69, 9.17) is 0 Å². The number of carbonyl (C=O) groups is 1. The smallest absolute Gasteiger partial charge is 0.246 e. The highest BCUT2D eigenvalue weighted by Crippen LogP contribution is 2.27. The number of halogens is 5. The van der Waals surface area contributed by atoms with Gasteiger partial charge in [-0.1, -0.05) is 6.92 Å². The first-order valence-corrected chi connectivity index (χ1v) is 7.64. The quantitative estimate of drug-likeness (QED) is 0.519. The molecule has 3 rings (SSSR count). The molecule has 1 aromatic carbocycles. The maximum absolute atomic E-state index is 13.6. The third-order valence-corrected chi connectivity index (χ3v) is 4.15. The topological polar surface area (TPSA) is 46.9 Å². The highest BCUT2D eigenvalue weighted by Gasteiger charge is 2.27. The molecule has 0 saturated heterocycles. The maximum Gasteiger partial charge on any atom is 0.246 e. The van der Waals surface area contributed by atoms with Crippen LogP contribution in [0.5, 0.6) is 0 Å². The van der Waals surface area contributed by atoms with Gasteiger partial charge in [-0.15, -0.1) is 0 Å². The molecule has 1 heterocycles. The van der Waals surface area contributed by atoms with E-state index >= 15 is 0 Å². The Morgan fingerprint density at radius 2 is 1.76 bits per heavy atom. The zero-order valence-corrected chi connectivity index (χ0v) is 13.2. The summed E-state index contributed by atoms with van der Waals surface area (Å²) in [6.07, 6.45) is 4.21. The second kappa shape index (κ2) is 6.45. The molecule has 1 aliphatic rings. The Balaban J connectivity index is 1.78. The van der Waals surface area contributed by atoms with Gasteiger partial charge in [0.1, 0.15) is 12.2 Å². The van der Waals surface area contributed by atoms with E-state index in [0.717, 1.165) is 30.5 Å². The van der Waals surface area contributed by atoms with Crippen molar-refractivity contribution < 1.29 is 26.7 Å². The lowest BCUT2D eigenvalue weighted by molar-refractivity contribution is -0.117. The van der Waals surface area contributed by atoms with Crippen LogP contribution in [0.15, 0.2) is 6.20 Å². The van der Waals surface area contributed by atoms with Crippen molar-refractivity contribution in [3.05, 3.63) is 46.5 Å². The number of amides is 1. The molecule has 1 amide bonds. The van der Waals surface area contributed by atoms with Gasteiger partial charge in [0, 0.05) is 6.20 Å². The second-order valence-electron chi connectivity index (χ2n) is 6.14. The van der Waals surface area contributed by atoms with Crippen LogP contribution in [-0.2, 0) is 24.2 Å². The lowest BCUT2D eigenvalue weighted by Gasteiger charge is -2.15. The maximum atomic E-state index is 13.6. The molecule has 0 fully saturated rings. The van der Waals surface area contributed by atoms with Crippen LogP contribution in [0.25, 0.3) is 0 Å². The lowest BCUT2D eigenvalue weighted by atomic mass is 9.89. The predicted octanol–water partition coefficient (Wildman–Crippen LogP) is 3.34. The van der Waals surface area contributed by atoms with E-state index in [1.807, 2.05) is 0 Å². The molecule has 9 heteroatoms. The van der Waals surface area contributed by atoms with Crippen LogP contribution >= 0.6 is 0 Å². The summed E-state index contributed by atoms with van der Waals surface area (Å²) < 4.78 is 67.7. The van der Waals surface area contributed by atoms with Crippen LogP contribution in [0, 0.1) is 35.0 Å². The molecule has 0 radical (unpaired) electrons. The van der Waals surface area contributed by atoms with Gasteiger partial charge in [0.25, 0.3) is 0 Å². The number of nitrogens with one attached hydrogen (secondary N) is 1.